The first-order chi connectivity index (χ1) is 11.2. The number of amides is 2. The second kappa shape index (κ2) is 9.27. The van der Waals surface area contributed by atoms with Gasteiger partial charge in [-0.15, -0.1) is 0 Å². The number of carbonyl (C=O) groups excluding carboxylic acids is 2. The third kappa shape index (κ3) is 5.65. The number of hydrogen-bond donors (Lipinski definition) is 3. The lowest BCUT2D eigenvalue weighted by Gasteiger charge is -2.22. The third-order valence-corrected chi connectivity index (χ3v) is 4.06. The molecule has 0 bridgehead atoms. The van der Waals surface area contributed by atoms with Crippen molar-refractivity contribution in [1.82, 2.24) is 15.5 Å². The molecule has 6 nitrogen and oxygen atoms in total. The van der Waals surface area contributed by atoms with Crippen LogP contribution in [0.5, 0.6) is 0 Å². The van der Waals surface area contributed by atoms with Gasteiger partial charge in [0, 0.05) is 19.6 Å². The lowest BCUT2D eigenvalue weighted by molar-refractivity contribution is -0.133. The molecular weight excluding hydrogens is 292 g/mol. The molecule has 0 saturated carbocycles. The van der Waals surface area contributed by atoms with Gasteiger partial charge in [0.15, 0.2) is 0 Å². The van der Waals surface area contributed by atoms with Crippen molar-refractivity contribution in [3.05, 3.63) is 35.9 Å². The van der Waals surface area contributed by atoms with Gasteiger partial charge in [-0.1, -0.05) is 30.3 Å². The first-order valence-electron chi connectivity index (χ1n) is 8.23. The molecule has 2 amide bonds. The van der Waals surface area contributed by atoms with Crippen molar-refractivity contribution in [3.8, 4) is 0 Å². The molecule has 4 N–H and O–H groups in total. The van der Waals surface area contributed by atoms with Crippen molar-refractivity contribution in [3.63, 3.8) is 0 Å². The van der Waals surface area contributed by atoms with E-state index in [9.17, 15) is 9.59 Å². The Labute approximate surface area is 137 Å². The summed E-state index contributed by atoms with van der Waals surface area (Å²) < 4.78 is 0. The molecule has 0 aliphatic carbocycles. The second-order valence-electron chi connectivity index (χ2n) is 5.77. The Hall–Kier alpha value is -1.92. The maximum atomic E-state index is 12.3. The van der Waals surface area contributed by atoms with Crippen molar-refractivity contribution < 1.29 is 9.59 Å². The van der Waals surface area contributed by atoms with E-state index in [2.05, 4.69) is 10.6 Å². The van der Waals surface area contributed by atoms with Crippen LogP contribution in [0.1, 0.15) is 18.4 Å². The highest BCUT2D eigenvalue weighted by molar-refractivity contribution is 5.87. The SMILES string of the molecule is NCCN(CCc1ccccc1)C(=O)CNC(=O)C1CCCN1. The molecule has 1 aliphatic heterocycles. The fraction of sp³-hybridized carbons (Fsp3) is 0.529. The smallest absolute Gasteiger partial charge is 0.242 e. The van der Waals surface area contributed by atoms with Gasteiger partial charge in [-0.25, -0.2) is 0 Å². The van der Waals surface area contributed by atoms with Crippen molar-refractivity contribution in [1.29, 1.82) is 0 Å². The van der Waals surface area contributed by atoms with E-state index < -0.39 is 0 Å². The van der Waals surface area contributed by atoms with Crippen LogP contribution < -0.4 is 16.4 Å². The Bertz CT molecular complexity index is 501. The molecule has 6 heteroatoms. The van der Waals surface area contributed by atoms with Gasteiger partial charge < -0.3 is 21.3 Å². The van der Waals surface area contributed by atoms with Crippen LogP contribution >= 0.6 is 0 Å². The van der Waals surface area contributed by atoms with Crippen LogP contribution in [0.2, 0.25) is 0 Å². The normalized spacial score (nSPS) is 17.0. The fourth-order valence-corrected chi connectivity index (χ4v) is 2.73. The number of nitrogens with one attached hydrogen (secondary N) is 2. The predicted molar refractivity (Wildman–Crippen MR) is 89.8 cm³/mol. The van der Waals surface area contributed by atoms with E-state index in [1.165, 1.54) is 5.56 Å². The minimum absolute atomic E-state index is 0.0335. The first kappa shape index (κ1) is 17.4. The second-order valence-corrected chi connectivity index (χ2v) is 5.77. The predicted octanol–water partition coefficient (Wildman–Crippen LogP) is -0.115. The topological polar surface area (TPSA) is 87.5 Å². The molecule has 1 unspecified atom stereocenters. The van der Waals surface area contributed by atoms with Crippen LogP contribution in [0.4, 0.5) is 0 Å². The van der Waals surface area contributed by atoms with E-state index in [-0.39, 0.29) is 24.4 Å². The van der Waals surface area contributed by atoms with Crippen molar-refractivity contribution in [2.45, 2.75) is 25.3 Å². The summed E-state index contributed by atoms with van der Waals surface area (Å²) in [5.74, 6) is -0.177. The standard InChI is InChI=1S/C17H26N4O2/c18-9-12-21(11-8-14-5-2-1-3-6-14)16(22)13-20-17(23)15-7-4-10-19-15/h1-3,5-6,15,19H,4,7-13,18H2,(H,20,23). The summed E-state index contributed by atoms with van der Waals surface area (Å²) >= 11 is 0. The average Bonchev–Trinajstić information content (AvgIpc) is 3.11. The number of benzene rings is 1. The van der Waals surface area contributed by atoms with Crippen LogP contribution in [0.15, 0.2) is 30.3 Å². The molecule has 23 heavy (non-hydrogen) atoms. The maximum absolute atomic E-state index is 12.3. The van der Waals surface area contributed by atoms with Crippen molar-refractivity contribution in [2.24, 2.45) is 5.73 Å². The fourth-order valence-electron chi connectivity index (χ4n) is 2.73. The van der Waals surface area contributed by atoms with E-state index in [4.69, 9.17) is 5.73 Å². The summed E-state index contributed by atoms with van der Waals surface area (Å²) in [7, 11) is 0. The molecule has 126 valence electrons. The number of nitrogens with zero attached hydrogens (tertiary/aromatic N) is 1. The molecular formula is C17H26N4O2. The highest BCUT2D eigenvalue weighted by Crippen LogP contribution is 2.05. The number of nitrogens with two attached hydrogens (primary N) is 1. The first-order valence-corrected chi connectivity index (χ1v) is 8.23. The quantitative estimate of drug-likeness (QED) is 0.624. The molecule has 1 saturated heterocycles. The molecule has 1 aromatic carbocycles. The lowest BCUT2D eigenvalue weighted by atomic mass is 10.1. The van der Waals surface area contributed by atoms with E-state index in [0.717, 1.165) is 25.8 Å². The Morgan fingerprint density at radius 1 is 1.26 bits per heavy atom. The van der Waals surface area contributed by atoms with Gasteiger partial charge >= 0.3 is 0 Å². The Morgan fingerprint density at radius 2 is 2.04 bits per heavy atom. The van der Waals surface area contributed by atoms with Crippen LogP contribution in [0.25, 0.3) is 0 Å². The zero-order chi connectivity index (χ0) is 16.5. The zero-order valence-electron chi connectivity index (χ0n) is 13.5. The third-order valence-electron chi connectivity index (χ3n) is 4.06. The van der Waals surface area contributed by atoms with Gasteiger partial charge in [0.1, 0.15) is 0 Å². The molecule has 1 atom stereocenters. The highest BCUT2D eigenvalue weighted by atomic mass is 16.2. The van der Waals surface area contributed by atoms with E-state index in [1.54, 1.807) is 4.90 Å². The Morgan fingerprint density at radius 3 is 2.70 bits per heavy atom. The van der Waals surface area contributed by atoms with Crippen molar-refractivity contribution >= 4 is 11.8 Å². The summed E-state index contributed by atoms with van der Waals surface area (Å²) in [6.45, 7) is 2.42. The molecule has 1 aromatic rings. The molecule has 0 radical (unpaired) electrons. The minimum atomic E-state index is -0.157. The van der Waals surface area contributed by atoms with E-state index in [0.29, 0.717) is 19.6 Å². The summed E-state index contributed by atoms with van der Waals surface area (Å²) in [5, 5.41) is 5.85. The highest BCUT2D eigenvalue weighted by Gasteiger charge is 2.22. The molecule has 1 fully saturated rings. The van der Waals surface area contributed by atoms with Gasteiger partial charge in [0.05, 0.1) is 12.6 Å². The number of hydrogen-bond acceptors (Lipinski definition) is 4. The summed E-state index contributed by atoms with van der Waals surface area (Å²) in [6, 6.07) is 9.87. The monoisotopic (exact) mass is 318 g/mol. The van der Waals surface area contributed by atoms with Crippen molar-refractivity contribution in [2.75, 3.05) is 32.7 Å². The van der Waals surface area contributed by atoms with Gasteiger partial charge in [0.25, 0.3) is 0 Å². The minimum Gasteiger partial charge on any atom is -0.346 e. The molecule has 1 heterocycles. The Balaban J connectivity index is 1.79. The molecule has 0 aromatic heterocycles. The largest absolute Gasteiger partial charge is 0.346 e. The summed E-state index contributed by atoms with van der Waals surface area (Å²) in [4.78, 5) is 26.0. The average molecular weight is 318 g/mol. The van der Waals surface area contributed by atoms with Gasteiger partial charge in [-0.2, -0.15) is 0 Å². The van der Waals surface area contributed by atoms with Crippen LogP contribution in [-0.2, 0) is 16.0 Å². The summed E-state index contributed by atoms with van der Waals surface area (Å²) in [6.07, 6.45) is 2.62. The van der Waals surface area contributed by atoms with Crippen LogP contribution in [-0.4, -0.2) is 55.5 Å². The molecule has 0 spiro atoms. The number of carbonyl (C=O) groups is 2. The van der Waals surface area contributed by atoms with Gasteiger partial charge in [0.2, 0.25) is 11.8 Å². The summed E-state index contributed by atoms with van der Waals surface area (Å²) in [5.41, 5.74) is 6.78. The van der Waals surface area contributed by atoms with E-state index in [1.807, 2.05) is 30.3 Å². The lowest BCUT2D eigenvalue weighted by Crippen LogP contribution is -2.47. The maximum Gasteiger partial charge on any atom is 0.242 e. The van der Waals surface area contributed by atoms with Crippen LogP contribution in [0.3, 0.4) is 0 Å². The number of rotatable bonds is 8. The van der Waals surface area contributed by atoms with Gasteiger partial charge in [-0.3, -0.25) is 9.59 Å². The van der Waals surface area contributed by atoms with E-state index >= 15 is 0 Å². The molecule has 2 rings (SSSR count). The zero-order valence-corrected chi connectivity index (χ0v) is 13.5. The Kier molecular flexibility index (Phi) is 7.03. The van der Waals surface area contributed by atoms with Gasteiger partial charge in [-0.05, 0) is 31.4 Å². The molecule has 1 aliphatic rings. The van der Waals surface area contributed by atoms with Crippen LogP contribution in [0, 0.1) is 0 Å².